The highest BCUT2D eigenvalue weighted by molar-refractivity contribution is 7.92. The Kier molecular flexibility index (Phi) is 4.67. The van der Waals surface area contributed by atoms with E-state index in [0.29, 0.717) is 0 Å². The molecule has 0 N–H and O–H groups in total. The Morgan fingerprint density at radius 1 is 1.31 bits per heavy atom. The van der Waals surface area contributed by atoms with Crippen LogP contribution in [0.5, 0.6) is 0 Å². The molecule has 0 aliphatic carbocycles. The van der Waals surface area contributed by atoms with Gasteiger partial charge in [-0.05, 0) is 38.8 Å². The standard InChI is InChI=1S/C19H21NO5S/c1-4-8-13(21)11-15-16-12-25-19(2,3)20(16)18(22)17(15)26(23,24)14-9-6-5-7-10-14/h5-7,9-10,15-17H,11-12H2,1-3H3/t15-,16-,17+/m1/s1. The summed E-state index contributed by atoms with van der Waals surface area (Å²) in [5.41, 5.74) is -0.902. The van der Waals surface area contributed by atoms with Crippen molar-refractivity contribution < 1.29 is 22.7 Å². The fourth-order valence-corrected chi connectivity index (χ4v) is 5.81. The third-order valence-electron chi connectivity index (χ3n) is 4.97. The second-order valence-corrected chi connectivity index (χ2v) is 9.05. The van der Waals surface area contributed by atoms with Crippen molar-refractivity contribution in [1.29, 1.82) is 0 Å². The lowest BCUT2D eigenvalue weighted by Crippen LogP contribution is -2.46. The Bertz CT molecular complexity index is 895. The average molecular weight is 375 g/mol. The number of rotatable bonds is 4. The molecule has 0 aromatic heterocycles. The fraction of sp³-hybridized carbons (Fsp3) is 0.474. The van der Waals surface area contributed by atoms with Crippen LogP contribution in [0.3, 0.4) is 0 Å². The predicted octanol–water partition coefficient (Wildman–Crippen LogP) is 1.40. The number of ketones is 1. The molecule has 26 heavy (non-hydrogen) atoms. The Hall–Kier alpha value is -2.17. The SMILES string of the molecule is CC#CC(=O)C[C@@H]1[C@H]2COC(C)(C)N2C(=O)[C@H]1S(=O)(=O)c1ccccc1. The number of fused-ring (bicyclic) bond motifs is 1. The molecule has 0 saturated carbocycles. The van der Waals surface area contributed by atoms with E-state index in [0.717, 1.165) is 0 Å². The van der Waals surface area contributed by atoms with Crippen LogP contribution >= 0.6 is 0 Å². The maximum Gasteiger partial charge on any atom is 0.244 e. The van der Waals surface area contributed by atoms with Crippen LogP contribution in [0.4, 0.5) is 0 Å². The first-order valence-electron chi connectivity index (χ1n) is 8.42. The zero-order valence-corrected chi connectivity index (χ0v) is 15.7. The number of carbonyl (C=O) groups is 2. The summed E-state index contributed by atoms with van der Waals surface area (Å²) in [7, 11) is -3.94. The zero-order chi connectivity index (χ0) is 19.1. The van der Waals surface area contributed by atoms with Crippen molar-refractivity contribution in [3.63, 3.8) is 0 Å². The minimum Gasteiger partial charge on any atom is -0.354 e. The highest BCUT2D eigenvalue weighted by Gasteiger charge is 2.61. The van der Waals surface area contributed by atoms with Gasteiger partial charge in [-0.25, -0.2) is 8.42 Å². The van der Waals surface area contributed by atoms with Gasteiger partial charge in [0.15, 0.2) is 9.84 Å². The molecule has 3 rings (SSSR count). The molecule has 0 unspecified atom stereocenters. The fourth-order valence-electron chi connectivity index (χ4n) is 3.87. The van der Waals surface area contributed by atoms with Crippen molar-refractivity contribution in [2.45, 2.75) is 49.1 Å². The minimum absolute atomic E-state index is 0.0808. The van der Waals surface area contributed by atoms with Crippen LogP contribution in [0.1, 0.15) is 27.2 Å². The molecule has 3 atom stereocenters. The number of ether oxygens (including phenoxy) is 1. The molecule has 138 valence electrons. The molecule has 6 nitrogen and oxygen atoms in total. The maximum absolute atomic E-state index is 13.2. The van der Waals surface area contributed by atoms with Crippen LogP contribution in [0, 0.1) is 17.8 Å². The highest BCUT2D eigenvalue weighted by atomic mass is 32.2. The summed E-state index contributed by atoms with van der Waals surface area (Å²) >= 11 is 0. The van der Waals surface area contributed by atoms with E-state index in [1.807, 2.05) is 0 Å². The molecule has 2 saturated heterocycles. The number of sulfone groups is 1. The summed E-state index contributed by atoms with van der Waals surface area (Å²) < 4.78 is 32.1. The van der Waals surface area contributed by atoms with Gasteiger partial charge in [0.05, 0.1) is 17.5 Å². The first kappa shape index (κ1) is 18.6. The number of hydrogen-bond acceptors (Lipinski definition) is 5. The number of hydrogen-bond donors (Lipinski definition) is 0. The molecule has 0 bridgehead atoms. The van der Waals surface area contributed by atoms with Gasteiger partial charge < -0.3 is 9.64 Å². The summed E-state index contributed by atoms with van der Waals surface area (Å²) in [6.45, 7) is 5.21. The summed E-state index contributed by atoms with van der Waals surface area (Å²) in [5.74, 6) is 3.41. The van der Waals surface area contributed by atoms with E-state index in [1.165, 1.54) is 17.0 Å². The Morgan fingerprint density at radius 2 is 1.96 bits per heavy atom. The van der Waals surface area contributed by atoms with Gasteiger partial charge >= 0.3 is 0 Å². The number of nitrogens with zero attached hydrogens (tertiary/aromatic N) is 1. The normalized spacial score (nSPS) is 27.0. The van der Waals surface area contributed by atoms with Gasteiger partial charge in [0.1, 0.15) is 11.0 Å². The van der Waals surface area contributed by atoms with Crippen molar-refractivity contribution in [2.75, 3.05) is 6.61 Å². The van der Waals surface area contributed by atoms with Gasteiger partial charge in [0, 0.05) is 12.3 Å². The molecule has 1 amide bonds. The lowest BCUT2D eigenvalue weighted by atomic mass is 9.94. The van der Waals surface area contributed by atoms with E-state index in [2.05, 4.69) is 11.8 Å². The Balaban J connectivity index is 2.07. The average Bonchev–Trinajstić information content (AvgIpc) is 3.05. The molecular weight excluding hydrogens is 354 g/mol. The first-order chi connectivity index (χ1) is 12.2. The number of amides is 1. The lowest BCUT2D eigenvalue weighted by Gasteiger charge is -2.29. The van der Waals surface area contributed by atoms with E-state index in [-0.39, 0.29) is 23.7 Å². The molecular formula is C19H21NO5S. The number of Topliss-reactive ketones (excluding diaryl/α,β-unsaturated/α-hetero) is 1. The summed E-state index contributed by atoms with van der Waals surface area (Å²) in [4.78, 5) is 26.8. The van der Waals surface area contributed by atoms with Crippen LogP contribution in [0.2, 0.25) is 0 Å². The van der Waals surface area contributed by atoms with Crippen LogP contribution in [0.25, 0.3) is 0 Å². The van der Waals surface area contributed by atoms with Crippen molar-refractivity contribution in [3.05, 3.63) is 30.3 Å². The first-order valence-corrected chi connectivity index (χ1v) is 9.96. The molecule has 2 aliphatic heterocycles. The molecule has 0 spiro atoms. The van der Waals surface area contributed by atoms with E-state index in [1.54, 1.807) is 39.0 Å². The van der Waals surface area contributed by atoms with Crippen LogP contribution in [-0.4, -0.2) is 48.6 Å². The van der Waals surface area contributed by atoms with Crippen LogP contribution in [0.15, 0.2) is 35.2 Å². The molecule has 1 aromatic carbocycles. The Morgan fingerprint density at radius 3 is 2.58 bits per heavy atom. The van der Waals surface area contributed by atoms with Gasteiger partial charge in [-0.2, -0.15) is 0 Å². The van der Waals surface area contributed by atoms with Gasteiger partial charge in [-0.3, -0.25) is 9.59 Å². The summed E-state index contributed by atoms with van der Waals surface area (Å²) in [6, 6.07) is 7.43. The molecule has 2 aliphatic rings. The van der Waals surface area contributed by atoms with Crippen molar-refractivity contribution in [2.24, 2.45) is 5.92 Å². The third kappa shape index (κ3) is 2.93. The maximum atomic E-state index is 13.2. The monoisotopic (exact) mass is 375 g/mol. The zero-order valence-electron chi connectivity index (χ0n) is 14.9. The van der Waals surface area contributed by atoms with Crippen LogP contribution < -0.4 is 0 Å². The highest BCUT2D eigenvalue weighted by Crippen LogP contribution is 2.44. The molecule has 1 aromatic rings. The van der Waals surface area contributed by atoms with Crippen molar-refractivity contribution in [3.8, 4) is 11.8 Å². The second kappa shape index (κ2) is 6.53. The predicted molar refractivity (Wildman–Crippen MR) is 94.6 cm³/mol. The van der Waals surface area contributed by atoms with E-state index in [9.17, 15) is 18.0 Å². The topological polar surface area (TPSA) is 80.8 Å². The number of carbonyl (C=O) groups excluding carboxylic acids is 2. The van der Waals surface area contributed by atoms with E-state index < -0.39 is 38.7 Å². The smallest absolute Gasteiger partial charge is 0.244 e. The van der Waals surface area contributed by atoms with Gasteiger partial charge in [-0.1, -0.05) is 24.1 Å². The van der Waals surface area contributed by atoms with Crippen molar-refractivity contribution >= 4 is 21.5 Å². The quantitative estimate of drug-likeness (QED) is 0.587. The second-order valence-electron chi connectivity index (χ2n) is 6.98. The van der Waals surface area contributed by atoms with E-state index in [4.69, 9.17) is 4.74 Å². The molecule has 2 heterocycles. The minimum atomic E-state index is -3.94. The molecule has 7 heteroatoms. The van der Waals surface area contributed by atoms with Gasteiger partial charge in [0.25, 0.3) is 0 Å². The van der Waals surface area contributed by atoms with Gasteiger partial charge in [-0.15, -0.1) is 0 Å². The van der Waals surface area contributed by atoms with Crippen LogP contribution in [-0.2, 0) is 24.2 Å². The summed E-state index contributed by atoms with van der Waals surface area (Å²) in [5, 5.41) is -1.30. The molecule has 0 radical (unpaired) electrons. The Labute approximate surface area is 153 Å². The van der Waals surface area contributed by atoms with Gasteiger partial charge in [0.2, 0.25) is 11.7 Å². The molecule has 2 fully saturated rings. The number of benzene rings is 1. The van der Waals surface area contributed by atoms with E-state index >= 15 is 0 Å². The third-order valence-corrected chi connectivity index (χ3v) is 7.12. The van der Waals surface area contributed by atoms with Crippen molar-refractivity contribution in [1.82, 2.24) is 4.90 Å². The lowest BCUT2D eigenvalue weighted by molar-refractivity contribution is -0.141. The summed E-state index contributed by atoms with van der Waals surface area (Å²) in [6.07, 6.45) is -0.0933. The largest absolute Gasteiger partial charge is 0.354 e.